The number of aliphatic hydroxyl groups is 1. The number of nitrogens with zero attached hydrogens (tertiary/aromatic N) is 2. The second-order valence-electron chi connectivity index (χ2n) is 9.17. The molecule has 6 heteroatoms. The van der Waals surface area contributed by atoms with Crippen molar-refractivity contribution < 1.29 is 19.5 Å². The summed E-state index contributed by atoms with van der Waals surface area (Å²) in [6.45, 7) is 3.45. The van der Waals surface area contributed by atoms with Gasteiger partial charge in [-0.1, -0.05) is 18.2 Å². The van der Waals surface area contributed by atoms with Gasteiger partial charge in [-0.3, -0.25) is 9.63 Å². The number of likely N-dealkylation sites (tertiary alicyclic amines) is 1. The maximum atomic E-state index is 14.0. The molecule has 6 rings (SSSR count). The van der Waals surface area contributed by atoms with E-state index in [4.69, 9.17) is 9.57 Å². The van der Waals surface area contributed by atoms with E-state index in [1.807, 2.05) is 25.1 Å². The number of anilines is 1. The number of benzene rings is 1. The fourth-order valence-corrected chi connectivity index (χ4v) is 8.00. The first-order valence-electron chi connectivity index (χ1n) is 9.97. The summed E-state index contributed by atoms with van der Waals surface area (Å²) in [5.74, 6) is 0.827. The lowest BCUT2D eigenvalue weighted by atomic mass is 9.50. The molecule has 1 aromatic rings. The number of carbonyl (C=O) groups excluding carboxylic acids is 1. The molecular weight excluding hydrogens is 344 g/mol. The monoisotopic (exact) mass is 370 g/mol. The first kappa shape index (κ1) is 16.5. The smallest absolute Gasteiger partial charge is 0.264 e. The lowest BCUT2D eigenvalue weighted by Gasteiger charge is -2.56. The molecule has 0 radical (unpaired) electrons. The summed E-state index contributed by atoms with van der Waals surface area (Å²) >= 11 is 0. The minimum Gasteiger partial charge on any atom is -0.393 e. The Hall–Kier alpha value is -1.47. The minimum absolute atomic E-state index is 0.0208. The number of rotatable bonds is 2. The fourth-order valence-electron chi connectivity index (χ4n) is 8.00. The van der Waals surface area contributed by atoms with Crippen molar-refractivity contribution >= 4 is 11.6 Å². The van der Waals surface area contributed by atoms with Gasteiger partial charge in [-0.15, -0.1) is 0 Å². The van der Waals surface area contributed by atoms with Gasteiger partial charge in [0, 0.05) is 29.8 Å². The molecule has 6 nitrogen and oxygen atoms in total. The molecule has 2 saturated heterocycles. The number of hydroxylamine groups is 1. The van der Waals surface area contributed by atoms with E-state index in [9.17, 15) is 9.90 Å². The zero-order valence-electron chi connectivity index (χ0n) is 16.0. The van der Waals surface area contributed by atoms with Crippen molar-refractivity contribution in [2.75, 3.05) is 32.4 Å². The van der Waals surface area contributed by atoms with E-state index in [0.717, 1.165) is 24.2 Å². The molecule has 1 N–H and O–H groups in total. The van der Waals surface area contributed by atoms with Gasteiger partial charge < -0.3 is 14.7 Å². The molecule has 1 aromatic carbocycles. The summed E-state index contributed by atoms with van der Waals surface area (Å²) in [4.78, 5) is 21.9. The van der Waals surface area contributed by atoms with Gasteiger partial charge in [-0.2, -0.15) is 5.06 Å². The number of ether oxygens (including phenoxy) is 1. The standard InChI is InChI=1S/C21H26N2O4/c1-11(24)20-10-22(2)17-12-9-27-16(8-14(12)20)21(18(17)20)13-6-4-5-7-15(13)23(26-3)19(21)25/h4-7,11-12,14,16-18,24H,8-10H2,1-3H3. The first-order chi connectivity index (χ1) is 13.0. The van der Waals surface area contributed by atoms with Gasteiger partial charge in [-0.25, -0.2) is 0 Å². The zero-order chi connectivity index (χ0) is 18.7. The summed E-state index contributed by atoms with van der Waals surface area (Å²) in [5, 5.41) is 12.5. The molecule has 2 saturated carbocycles. The van der Waals surface area contributed by atoms with Crippen molar-refractivity contribution in [2.45, 2.75) is 37.0 Å². The van der Waals surface area contributed by atoms with Crippen LogP contribution in [0.1, 0.15) is 18.9 Å². The summed E-state index contributed by atoms with van der Waals surface area (Å²) in [5.41, 5.74) is 0.792. The predicted octanol–water partition coefficient (Wildman–Crippen LogP) is 1.18. The van der Waals surface area contributed by atoms with Gasteiger partial charge in [0.05, 0.1) is 31.6 Å². The van der Waals surface area contributed by atoms with Gasteiger partial charge >= 0.3 is 0 Å². The molecule has 3 heterocycles. The van der Waals surface area contributed by atoms with Gasteiger partial charge in [0.25, 0.3) is 5.91 Å². The molecule has 3 aliphatic heterocycles. The number of para-hydroxylation sites is 1. The molecule has 144 valence electrons. The van der Waals surface area contributed by atoms with E-state index >= 15 is 0 Å². The Kier molecular flexibility index (Phi) is 3.00. The van der Waals surface area contributed by atoms with Crippen molar-refractivity contribution in [1.82, 2.24) is 4.90 Å². The van der Waals surface area contributed by atoms with E-state index in [1.54, 1.807) is 7.11 Å². The normalized spacial score (nSPS) is 47.9. The van der Waals surface area contributed by atoms with Crippen LogP contribution >= 0.6 is 0 Å². The molecule has 1 amide bonds. The maximum Gasteiger partial charge on any atom is 0.264 e. The van der Waals surface area contributed by atoms with E-state index in [-0.39, 0.29) is 29.4 Å². The molecular formula is C21H26N2O4. The molecule has 27 heavy (non-hydrogen) atoms. The second-order valence-corrected chi connectivity index (χ2v) is 9.17. The third kappa shape index (κ3) is 1.49. The van der Waals surface area contributed by atoms with Crippen molar-refractivity contribution in [3.63, 3.8) is 0 Å². The molecule has 2 aliphatic carbocycles. The highest BCUT2D eigenvalue weighted by Crippen LogP contribution is 2.74. The van der Waals surface area contributed by atoms with Gasteiger partial charge in [0.2, 0.25) is 0 Å². The van der Waals surface area contributed by atoms with Crippen LogP contribution in [0.3, 0.4) is 0 Å². The Labute approximate surface area is 159 Å². The Bertz CT molecular complexity index is 843. The van der Waals surface area contributed by atoms with Crippen molar-refractivity contribution in [3.05, 3.63) is 29.8 Å². The number of hydrogen-bond donors (Lipinski definition) is 1. The topological polar surface area (TPSA) is 62.2 Å². The number of aliphatic hydroxyl groups excluding tert-OH is 1. The third-order valence-corrected chi connectivity index (χ3v) is 8.62. The van der Waals surface area contributed by atoms with E-state index < -0.39 is 11.5 Å². The van der Waals surface area contributed by atoms with Crippen LogP contribution in [0.4, 0.5) is 5.69 Å². The van der Waals surface area contributed by atoms with Gasteiger partial charge in [0.15, 0.2) is 0 Å². The van der Waals surface area contributed by atoms with Crippen molar-refractivity contribution in [2.24, 2.45) is 23.2 Å². The largest absolute Gasteiger partial charge is 0.393 e. The number of amides is 1. The molecule has 4 fully saturated rings. The Morgan fingerprint density at radius 3 is 2.89 bits per heavy atom. The Balaban J connectivity index is 1.67. The summed E-state index contributed by atoms with van der Waals surface area (Å²) in [7, 11) is 3.70. The zero-order valence-corrected chi connectivity index (χ0v) is 16.0. The van der Waals surface area contributed by atoms with Crippen LogP contribution in [0.25, 0.3) is 0 Å². The lowest BCUT2D eigenvalue weighted by molar-refractivity contribution is -0.182. The van der Waals surface area contributed by atoms with E-state index in [1.165, 1.54) is 5.06 Å². The summed E-state index contributed by atoms with van der Waals surface area (Å²) in [6, 6.07) is 8.23. The first-order valence-corrected chi connectivity index (χ1v) is 9.97. The molecule has 5 bridgehead atoms. The van der Waals surface area contributed by atoms with Crippen LogP contribution in [0.5, 0.6) is 0 Å². The molecule has 1 spiro atoms. The highest BCUT2D eigenvalue weighted by atomic mass is 16.7. The van der Waals surface area contributed by atoms with Crippen molar-refractivity contribution in [1.29, 1.82) is 0 Å². The van der Waals surface area contributed by atoms with Crippen LogP contribution < -0.4 is 5.06 Å². The number of fused-ring (bicyclic) bond motifs is 5. The van der Waals surface area contributed by atoms with Gasteiger partial charge in [-0.05, 0) is 37.9 Å². The van der Waals surface area contributed by atoms with E-state index in [0.29, 0.717) is 18.4 Å². The summed E-state index contributed by atoms with van der Waals surface area (Å²) < 4.78 is 6.37. The Morgan fingerprint density at radius 2 is 2.15 bits per heavy atom. The highest BCUT2D eigenvalue weighted by molar-refractivity contribution is 6.08. The maximum absolute atomic E-state index is 14.0. The molecule has 5 aliphatic rings. The molecule has 8 atom stereocenters. The average molecular weight is 370 g/mol. The molecule has 0 aromatic heterocycles. The van der Waals surface area contributed by atoms with Crippen LogP contribution in [-0.4, -0.2) is 61.5 Å². The number of piperidine rings is 1. The van der Waals surface area contributed by atoms with Crippen LogP contribution in [0, 0.1) is 23.2 Å². The second kappa shape index (κ2) is 4.92. The number of carbonyl (C=O) groups is 1. The fraction of sp³-hybridized carbons (Fsp3) is 0.667. The highest BCUT2D eigenvalue weighted by Gasteiger charge is 2.82. The quantitative estimate of drug-likeness (QED) is 0.847. The molecule has 8 unspecified atom stereocenters. The lowest BCUT2D eigenvalue weighted by Crippen LogP contribution is -2.65. The summed E-state index contributed by atoms with van der Waals surface area (Å²) in [6.07, 6.45) is 0.229. The van der Waals surface area contributed by atoms with Crippen LogP contribution in [-0.2, 0) is 19.8 Å². The predicted molar refractivity (Wildman–Crippen MR) is 98.0 cm³/mol. The van der Waals surface area contributed by atoms with Crippen LogP contribution in [0.15, 0.2) is 24.3 Å². The Morgan fingerprint density at radius 1 is 1.37 bits per heavy atom. The van der Waals surface area contributed by atoms with E-state index in [2.05, 4.69) is 18.0 Å². The average Bonchev–Trinajstić information content (AvgIpc) is 3.14. The number of hydrogen-bond acceptors (Lipinski definition) is 5. The SMILES string of the molecule is CON1C(=O)C2(c3ccccc31)C1CC3C(CO1)C1C2C3(C(C)O)CN1C. The minimum atomic E-state index is -0.777. The van der Waals surface area contributed by atoms with Crippen molar-refractivity contribution in [3.8, 4) is 0 Å². The van der Waals surface area contributed by atoms with Crippen LogP contribution in [0.2, 0.25) is 0 Å². The van der Waals surface area contributed by atoms with Gasteiger partial charge in [0.1, 0.15) is 5.41 Å². The third-order valence-electron chi connectivity index (χ3n) is 8.62.